The summed E-state index contributed by atoms with van der Waals surface area (Å²) < 4.78 is 5.35. The molecule has 0 N–H and O–H groups in total. The summed E-state index contributed by atoms with van der Waals surface area (Å²) in [5.41, 5.74) is 0. The van der Waals surface area contributed by atoms with E-state index < -0.39 is 0 Å². The molecule has 0 heterocycles. The van der Waals surface area contributed by atoms with Gasteiger partial charge in [-0.3, -0.25) is 9.59 Å². The number of hydrogen-bond acceptors (Lipinski definition) is 3. The van der Waals surface area contributed by atoms with Gasteiger partial charge in [-0.15, -0.1) is 0 Å². The van der Waals surface area contributed by atoms with Crippen LogP contribution in [0.4, 0.5) is 0 Å². The van der Waals surface area contributed by atoms with E-state index in [1.165, 1.54) is 57.8 Å². The number of hydrogen-bond donors (Lipinski definition) is 0. The molecule has 0 aromatic heterocycles. The minimum Gasteiger partial charge on any atom is -0.466 e. The van der Waals surface area contributed by atoms with Gasteiger partial charge in [-0.1, -0.05) is 98.8 Å². The standard InChI is InChI=1S/C29H57NO3/c1-6-11-14-15-18-23-33-29(32)22-17-16-21-28(31)30(24-26(9-4)19-12-7-2)25-27(10-5)20-13-8-3/h26-27H,6-25H2,1-5H3. The highest BCUT2D eigenvalue weighted by molar-refractivity contribution is 5.76. The Hall–Kier alpha value is -1.06. The Kier molecular flexibility index (Phi) is 22.0. The monoisotopic (exact) mass is 467 g/mol. The highest BCUT2D eigenvalue weighted by Gasteiger charge is 2.21. The molecule has 1 amide bonds. The molecular formula is C29H57NO3. The first kappa shape index (κ1) is 31.9. The van der Waals surface area contributed by atoms with Crippen LogP contribution in [0.1, 0.15) is 144 Å². The van der Waals surface area contributed by atoms with Crippen LogP contribution in [0.5, 0.6) is 0 Å². The van der Waals surface area contributed by atoms with Crippen molar-refractivity contribution in [3.05, 3.63) is 0 Å². The van der Waals surface area contributed by atoms with Gasteiger partial charge in [-0.05, 0) is 43.9 Å². The van der Waals surface area contributed by atoms with Gasteiger partial charge in [-0.25, -0.2) is 0 Å². The van der Waals surface area contributed by atoms with E-state index in [2.05, 4.69) is 39.5 Å². The summed E-state index contributed by atoms with van der Waals surface area (Å²) in [4.78, 5) is 27.3. The molecule has 2 atom stereocenters. The van der Waals surface area contributed by atoms with Gasteiger partial charge in [0.05, 0.1) is 6.61 Å². The quantitative estimate of drug-likeness (QED) is 0.112. The van der Waals surface area contributed by atoms with Crippen LogP contribution < -0.4 is 0 Å². The first-order chi connectivity index (χ1) is 16.0. The van der Waals surface area contributed by atoms with Gasteiger partial charge in [0.1, 0.15) is 0 Å². The van der Waals surface area contributed by atoms with Gasteiger partial charge < -0.3 is 9.64 Å². The summed E-state index contributed by atoms with van der Waals surface area (Å²) >= 11 is 0. The molecule has 0 spiro atoms. The topological polar surface area (TPSA) is 46.6 Å². The lowest BCUT2D eigenvalue weighted by Crippen LogP contribution is -2.38. The molecule has 4 heteroatoms. The summed E-state index contributed by atoms with van der Waals surface area (Å²) in [5, 5.41) is 0. The lowest BCUT2D eigenvalue weighted by molar-refractivity contribution is -0.144. The lowest BCUT2D eigenvalue weighted by Gasteiger charge is -2.31. The number of amides is 1. The van der Waals surface area contributed by atoms with Crippen molar-refractivity contribution < 1.29 is 14.3 Å². The minimum absolute atomic E-state index is 0.106. The van der Waals surface area contributed by atoms with Crippen LogP contribution in [0.25, 0.3) is 0 Å². The zero-order valence-corrected chi connectivity index (χ0v) is 23.0. The number of nitrogens with zero attached hydrogens (tertiary/aromatic N) is 1. The van der Waals surface area contributed by atoms with Crippen molar-refractivity contribution in [1.29, 1.82) is 0 Å². The molecule has 0 aromatic rings. The molecule has 4 nitrogen and oxygen atoms in total. The smallest absolute Gasteiger partial charge is 0.305 e. The molecular weight excluding hydrogens is 410 g/mol. The summed E-state index contributed by atoms with van der Waals surface area (Å²) in [6.07, 6.45) is 17.9. The second-order valence-electron chi connectivity index (χ2n) is 9.97. The van der Waals surface area contributed by atoms with Gasteiger partial charge in [0.25, 0.3) is 0 Å². The maximum absolute atomic E-state index is 13.1. The van der Waals surface area contributed by atoms with E-state index in [0.717, 1.165) is 51.6 Å². The number of rotatable bonds is 23. The zero-order chi connectivity index (χ0) is 24.7. The molecule has 0 aliphatic rings. The van der Waals surface area contributed by atoms with Crippen LogP contribution in [0.2, 0.25) is 0 Å². The molecule has 0 rings (SSSR count). The first-order valence-corrected chi connectivity index (χ1v) is 14.4. The zero-order valence-electron chi connectivity index (χ0n) is 23.0. The van der Waals surface area contributed by atoms with E-state index in [9.17, 15) is 9.59 Å². The fraction of sp³-hybridized carbons (Fsp3) is 0.931. The van der Waals surface area contributed by atoms with Gasteiger partial charge in [0, 0.05) is 25.9 Å². The fourth-order valence-electron chi connectivity index (χ4n) is 4.40. The van der Waals surface area contributed by atoms with Crippen LogP contribution in [0, 0.1) is 11.8 Å². The van der Waals surface area contributed by atoms with Gasteiger partial charge >= 0.3 is 5.97 Å². The van der Waals surface area contributed by atoms with E-state index in [4.69, 9.17) is 4.74 Å². The van der Waals surface area contributed by atoms with Crippen molar-refractivity contribution in [2.45, 2.75) is 144 Å². The van der Waals surface area contributed by atoms with Crippen molar-refractivity contribution >= 4 is 11.9 Å². The van der Waals surface area contributed by atoms with E-state index in [-0.39, 0.29) is 11.9 Å². The average Bonchev–Trinajstić information content (AvgIpc) is 2.82. The summed E-state index contributed by atoms with van der Waals surface area (Å²) in [6, 6.07) is 0. The molecule has 33 heavy (non-hydrogen) atoms. The normalized spacial score (nSPS) is 13.0. The predicted octanol–water partition coefficient (Wildman–Crippen LogP) is 8.32. The molecule has 0 fully saturated rings. The van der Waals surface area contributed by atoms with E-state index in [1.807, 2.05) is 0 Å². The fourth-order valence-corrected chi connectivity index (χ4v) is 4.40. The highest BCUT2D eigenvalue weighted by atomic mass is 16.5. The number of carbonyl (C=O) groups excluding carboxylic acids is 2. The molecule has 0 bridgehead atoms. The number of carbonyl (C=O) groups is 2. The predicted molar refractivity (Wildman–Crippen MR) is 141 cm³/mol. The Morgan fingerprint density at radius 3 is 1.67 bits per heavy atom. The third kappa shape index (κ3) is 18.0. The van der Waals surface area contributed by atoms with Crippen LogP contribution in [-0.4, -0.2) is 36.5 Å². The Bertz CT molecular complexity index is 448. The van der Waals surface area contributed by atoms with E-state index in [1.54, 1.807) is 0 Å². The van der Waals surface area contributed by atoms with Crippen molar-refractivity contribution in [3.63, 3.8) is 0 Å². The van der Waals surface area contributed by atoms with Crippen molar-refractivity contribution in [2.24, 2.45) is 11.8 Å². The Labute approximate surface area is 206 Å². The number of ether oxygens (including phenoxy) is 1. The van der Waals surface area contributed by atoms with Crippen LogP contribution in [-0.2, 0) is 14.3 Å². The maximum Gasteiger partial charge on any atom is 0.305 e. The van der Waals surface area contributed by atoms with Crippen molar-refractivity contribution in [2.75, 3.05) is 19.7 Å². The summed E-state index contributed by atoms with van der Waals surface area (Å²) in [5.74, 6) is 1.38. The Morgan fingerprint density at radius 2 is 1.15 bits per heavy atom. The van der Waals surface area contributed by atoms with Crippen LogP contribution in [0.3, 0.4) is 0 Å². The SMILES string of the molecule is CCCCCCCOC(=O)CCCCC(=O)N(CC(CC)CCCC)CC(CC)CCCC. The van der Waals surface area contributed by atoms with Crippen molar-refractivity contribution in [1.82, 2.24) is 4.90 Å². The summed E-state index contributed by atoms with van der Waals surface area (Å²) in [7, 11) is 0. The number of unbranched alkanes of at least 4 members (excludes halogenated alkanes) is 7. The Morgan fingerprint density at radius 1 is 0.636 bits per heavy atom. The van der Waals surface area contributed by atoms with Gasteiger partial charge in [0.2, 0.25) is 5.91 Å². The molecule has 196 valence electrons. The molecule has 0 aliphatic heterocycles. The van der Waals surface area contributed by atoms with Crippen LogP contribution in [0.15, 0.2) is 0 Å². The average molecular weight is 468 g/mol. The minimum atomic E-state index is -0.106. The first-order valence-electron chi connectivity index (χ1n) is 14.4. The largest absolute Gasteiger partial charge is 0.466 e. The molecule has 0 aromatic carbocycles. The summed E-state index contributed by atoms with van der Waals surface area (Å²) in [6.45, 7) is 13.5. The Balaban J connectivity index is 4.49. The molecule has 2 unspecified atom stereocenters. The molecule has 0 aliphatic carbocycles. The number of esters is 1. The molecule has 0 radical (unpaired) electrons. The third-order valence-electron chi connectivity index (χ3n) is 6.93. The van der Waals surface area contributed by atoms with Gasteiger partial charge in [-0.2, -0.15) is 0 Å². The lowest BCUT2D eigenvalue weighted by atomic mass is 9.95. The second-order valence-corrected chi connectivity index (χ2v) is 9.97. The van der Waals surface area contributed by atoms with Crippen LogP contribution >= 0.6 is 0 Å². The van der Waals surface area contributed by atoms with Gasteiger partial charge in [0.15, 0.2) is 0 Å². The second kappa shape index (κ2) is 22.7. The van der Waals surface area contributed by atoms with E-state index in [0.29, 0.717) is 31.3 Å². The third-order valence-corrected chi connectivity index (χ3v) is 6.93. The molecule has 0 saturated carbocycles. The molecule has 0 saturated heterocycles. The van der Waals surface area contributed by atoms with Crippen molar-refractivity contribution in [3.8, 4) is 0 Å². The highest BCUT2D eigenvalue weighted by Crippen LogP contribution is 2.20. The maximum atomic E-state index is 13.1. The van der Waals surface area contributed by atoms with E-state index >= 15 is 0 Å².